The number of ether oxygens (including phenoxy) is 1. The van der Waals surface area contributed by atoms with E-state index < -0.39 is 0 Å². The van der Waals surface area contributed by atoms with Gasteiger partial charge in [-0.05, 0) is 24.3 Å². The average molecular weight is 335 g/mol. The van der Waals surface area contributed by atoms with Crippen LogP contribution < -0.4 is 10.1 Å². The molecule has 1 N–H and O–H groups in total. The van der Waals surface area contributed by atoms with Crippen LogP contribution in [0, 0.1) is 0 Å². The number of benzene rings is 1. The molecule has 0 atom stereocenters. The average Bonchev–Trinajstić information content (AvgIpc) is 3.10. The summed E-state index contributed by atoms with van der Waals surface area (Å²) in [6.45, 7) is 0. The number of rotatable bonds is 4. The second-order valence-corrected chi connectivity index (χ2v) is 5.87. The molecule has 6 nitrogen and oxygen atoms in total. The van der Waals surface area contributed by atoms with Crippen molar-refractivity contribution in [3.63, 3.8) is 0 Å². The van der Waals surface area contributed by atoms with E-state index in [1.54, 1.807) is 30.8 Å². The van der Waals surface area contributed by atoms with Gasteiger partial charge in [0.05, 0.1) is 29.0 Å². The lowest BCUT2D eigenvalue weighted by Gasteiger charge is -2.10. The quantitative estimate of drug-likeness (QED) is 0.610. The largest absolute Gasteiger partial charge is 0.493 e. The van der Waals surface area contributed by atoms with E-state index in [0.717, 1.165) is 15.8 Å². The molecule has 4 aromatic rings. The molecule has 118 valence electrons. The first-order valence-electron chi connectivity index (χ1n) is 7.26. The van der Waals surface area contributed by atoms with E-state index in [2.05, 4.69) is 25.3 Å². The Morgan fingerprint density at radius 3 is 2.88 bits per heavy atom. The highest BCUT2D eigenvalue weighted by Crippen LogP contribution is 2.31. The number of pyridine rings is 1. The normalized spacial score (nSPS) is 10.7. The summed E-state index contributed by atoms with van der Waals surface area (Å²) in [6.07, 6.45) is 3.36. The van der Waals surface area contributed by atoms with Gasteiger partial charge < -0.3 is 10.1 Å². The first-order chi connectivity index (χ1) is 11.8. The Morgan fingerprint density at radius 1 is 1.08 bits per heavy atom. The van der Waals surface area contributed by atoms with Crippen molar-refractivity contribution in [2.24, 2.45) is 0 Å². The number of aromatic nitrogens is 4. The molecule has 0 fully saturated rings. The van der Waals surface area contributed by atoms with Gasteiger partial charge in [-0.2, -0.15) is 0 Å². The Morgan fingerprint density at radius 2 is 2.04 bits per heavy atom. The fraction of sp³-hybridized carbons (Fsp3) is 0.0588. The van der Waals surface area contributed by atoms with Gasteiger partial charge in [0.1, 0.15) is 11.5 Å². The van der Waals surface area contributed by atoms with Crippen molar-refractivity contribution in [3.8, 4) is 17.0 Å². The highest BCUT2D eigenvalue weighted by atomic mass is 32.1. The minimum Gasteiger partial charge on any atom is -0.493 e. The molecule has 0 radical (unpaired) electrons. The zero-order chi connectivity index (χ0) is 16.4. The van der Waals surface area contributed by atoms with Gasteiger partial charge in [-0.3, -0.25) is 0 Å². The van der Waals surface area contributed by atoms with Crippen LogP contribution in [0.4, 0.5) is 11.8 Å². The summed E-state index contributed by atoms with van der Waals surface area (Å²) in [4.78, 5) is 17.5. The molecule has 0 saturated heterocycles. The number of hydrogen-bond donors (Lipinski definition) is 1. The van der Waals surface area contributed by atoms with E-state index in [1.165, 1.54) is 0 Å². The van der Waals surface area contributed by atoms with Crippen molar-refractivity contribution in [1.82, 2.24) is 19.9 Å². The SMILES string of the molecule is COc1cnc(Nc2ccccn2)nc1-c1ccc2scnc2c1. The van der Waals surface area contributed by atoms with Gasteiger partial charge in [-0.1, -0.05) is 12.1 Å². The summed E-state index contributed by atoms with van der Waals surface area (Å²) < 4.78 is 6.55. The van der Waals surface area contributed by atoms with Crippen molar-refractivity contribution >= 4 is 33.3 Å². The lowest BCUT2D eigenvalue weighted by Crippen LogP contribution is -2.01. The zero-order valence-corrected chi connectivity index (χ0v) is 13.6. The second kappa shape index (κ2) is 6.21. The highest BCUT2D eigenvalue weighted by molar-refractivity contribution is 7.16. The van der Waals surface area contributed by atoms with Gasteiger partial charge >= 0.3 is 0 Å². The predicted molar refractivity (Wildman–Crippen MR) is 94.7 cm³/mol. The van der Waals surface area contributed by atoms with Gasteiger partial charge in [-0.25, -0.2) is 19.9 Å². The van der Waals surface area contributed by atoms with E-state index >= 15 is 0 Å². The van der Waals surface area contributed by atoms with Gasteiger partial charge in [-0.15, -0.1) is 11.3 Å². The number of nitrogens with zero attached hydrogens (tertiary/aromatic N) is 4. The maximum atomic E-state index is 5.41. The van der Waals surface area contributed by atoms with Crippen molar-refractivity contribution in [2.75, 3.05) is 12.4 Å². The van der Waals surface area contributed by atoms with E-state index in [1.807, 2.05) is 41.9 Å². The standard InChI is InChI=1S/C17H13N5OS/c1-23-13-9-19-17(21-15-4-2-3-7-18-15)22-16(13)11-5-6-14-12(8-11)20-10-24-14/h2-10H,1H3,(H,18,19,21,22). The number of hydrogen-bond acceptors (Lipinski definition) is 7. The van der Waals surface area contributed by atoms with Gasteiger partial charge in [0, 0.05) is 11.8 Å². The molecule has 0 bridgehead atoms. The van der Waals surface area contributed by atoms with Crippen LogP contribution in [0.2, 0.25) is 0 Å². The van der Waals surface area contributed by atoms with Crippen LogP contribution in [-0.4, -0.2) is 27.0 Å². The van der Waals surface area contributed by atoms with Gasteiger partial charge in [0.25, 0.3) is 0 Å². The number of methoxy groups -OCH3 is 1. The third kappa shape index (κ3) is 2.77. The second-order valence-electron chi connectivity index (χ2n) is 4.99. The minimum absolute atomic E-state index is 0.461. The molecular weight excluding hydrogens is 322 g/mol. The topological polar surface area (TPSA) is 72.8 Å². The van der Waals surface area contributed by atoms with Crippen LogP contribution in [0.15, 0.2) is 54.3 Å². The van der Waals surface area contributed by atoms with Crippen molar-refractivity contribution in [2.45, 2.75) is 0 Å². The van der Waals surface area contributed by atoms with Crippen LogP contribution in [0.5, 0.6) is 5.75 Å². The first-order valence-corrected chi connectivity index (χ1v) is 8.14. The van der Waals surface area contributed by atoms with E-state index in [0.29, 0.717) is 23.2 Å². The molecule has 0 saturated carbocycles. The first kappa shape index (κ1) is 14.5. The van der Waals surface area contributed by atoms with E-state index in [-0.39, 0.29) is 0 Å². The minimum atomic E-state index is 0.461. The van der Waals surface area contributed by atoms with Gasteiger partial charge in [0.15, 0.2) is 5.75 Å². The smallest absolute Gasteiger partial charge is 0.229 e. The molecule has 3 aromatic heterocycles. The Labute approximate surface area is 142 Å². The molecule has 3 heterocycles. The molecule has 24 heavy (non-hydrogen) atoms. The Bertz CT molecular complexity index is 987. The van der Waals surface area contributed by atoms with Crippen LogP contribution in [0.1, 0.15) is 0 Å². The number of fused-ring (bicyclic) bond motifs is 1. The lowest BCUT2D eigenvalue weighted by atomic mass is 10.1. The molecule has 0 aliphatic carbocycles. The van der Waals surface area contributed by atoms with E-state index in [4.69, 9.17) is 4.74 Å². The molecule has 1 aromatic carbocycles. The molecule has 0 aliphatic rings. The predicted octanol–water partition coefficient (Wildman–Crippen LogP) is 3.90. The number of nitrogens with one attached hydrogen (secondary N) is 1. The van der Waals surface area contributed by atoms with Crippen LogP contribution >= 0.6 is 11.3 Å². The van der Waals surface area contributed by atoms with Crippen molar-refractivity contribution in [3.05, 3.63) is 54.3 Å². The molecular formula is C17H13N5OS. The summed E-state index contributed by atoms with van der Waals surface area (Å²) in [6, 6.07) is 11.7. The Kier molecular flexibility index (Phi) is 3.76. The molecule has 0 spiro atoms. The molecule has 7 heteroatoms. The summed E-state index contributed by atoms with van der Waals surface area (Å²) in [5, 5.41) is 3.10. The van der Waals surface area contributed by atoms with Gasteiger partial charge in [0.2, 0.25) is 5.95 Å². The summed E-state index contributed by atoms with van der Waals surface area (Å²) in [7, 11) is 1.61. The Hall–Kier alpha value is -3.06. The summed E-state index contributed by atoms with van der Waals surface area (Å²) in [5.41, 5.74) is 4.41. The maximum absolute atomic E-state index is 5.41. The fourth-order valence-electron chi connectivity index (χ4n) is 2.34. The van der Waals surface area contributed by atoms with Crippen LogP contribution in [-0.2, 0) is 0 Å². The third-order valence-corrected chi connectivity index (χ3v) is 4.29. The monoisotopic (exact) mass is 335 g/mol. The van der Waals surface area contributed by atoms with Crippen molar-refractivity contribution in [1.29, 1.82) is 0 Å². The summed E-state index contributed by atoms with van der Waals surface area (Å²) in [5.74, 6) is 1.75. The van der Waals surface area contributed by atoms with Crippen molar-refractivity contribution < 1.29 is 4.74 Å². The van der Waals surface area contributed by atoms with E-state index in [9.17, 15) is 0 Å². The molecule has 4 rings (SSSR count). The molecule has 0 aliphatic heterocycles. The Balaban J connectivity index is 1.76. The van der Waals surface area contributed by atoms with Crippen LogP contribution in [0.25, 0.3) is 21.5 Å². The maximum Gasteiger partial charge on any atom is 0.229 e. The summed E-state index contributed by atoms with van der Waals surface area (Å²) >= 11 is 1.61. The highest BCUT2D eigenvalue weighted by Gasteiger charge is 2.12. The van der Waals surface area contributed by atoms with Crippen LogP contribution in [0.3, 0.4) is 0 Å². The number of anilines is 2. The molecule has 0 unspecified atom stereocenters. The molecule has 0 amide bonds. The number of thiazole rings is 1. The lowest BCUT2D eigenvalue weighted by molar-refractivity contribution is 0.413. The zero-order valence-electron chi connectivity index (χ0n) is 12.8. The third-order valence-electron chi connectivity index (χ3n) is 3.48. The fourth-order valence-corrected chi connectivity index (χ4v) is 3.00.